The van der Waals surface area contributed by atoms with E-state index in [1.165, 1.54) is 34.1 Å². The van der Waals surface area contributed by atoms with E-state index in [-0.39, 0.29) is 6.04 Å². The summed E-state index contributed by atoms with van der Waals surface area (Å²) in [7, 11) is 0. The van der Waals surface area contributed by atoms with Gasteiger partial charge in [-0.25, -0.2) is 0 Å². The van der Waals surface area contributed by atoms with Crippen molar-refractivity contribution in [2.45, 2.75) is 25.3 Å². The zero-order valence-electron chi connectivity index (χ0n) is 11.4. The summed E-state index contributed by atoms with van der Waals surface area (Å²) >= 11 is 0. The number of hydrogen-bond donors (Lipinski definition) is 1. The first-order chi connectivity index (χ1) is 9.84. The molecule has 2 aromatic carbocycles. The van der Waals surface area contributed by atoms with Crippen LogP contribution in [0.25, 0.3) is 16.5 Å². The number of benzene rings is 2. The fourth-order valence-corrected chi connectivity index (χ4v) is 3.37. The predicted molar refractivity (Wildman–Crippen MR) is 83.1 cm³/mol. The van der Waals surface area contributed by atoms with Crippen LogP contribution < -0.4 is 5.73 Å². The average molecular weight is 262 g/mol. The number of nitrogens with zero attached hydrogens (tertiary/aromatic N) is 1. The van der Waals surface area contributed by atoms with E-state index in [9.17, 15) is 0 Å². The van der Waals surface area contributed by atoms with Crippen LogP contribution in [0.1, 0.15) is 30.1 Å². The predicted octanol–water partition coefficient (Wildman–Crippen LogP) is 3.97. The van der Waals surface area contributed by atoms with Gasteiger partial charge >= 0.3 is 0 Å². The summed E-state index contributed by atoms with van der Waals surface area (Å²) in [6, 6.07) is 17.5. The summed E-state index contributed by atoms with van der Waals surface area (Å²) in [5.74, 6) is 0. The molecular formula is C18H18N2. The second-order valence-corrected chi connectivity index (χ2v) is 5.58. The minimum atomic E-state index is 0.204. The van der Waals surface area contributed by atoms with Gasteiger partial charge in [-0.15, -0.1) is 0 Å². The fraction of sp³-hybridized carbons (Fsp3) is 0.222. The smallest absolute Gasteiger partial charge is 0.0530 e. The van der Waals surface area contributed by atoms with E-state index >= 15 is 0 Å². The van der Waals surface area contributed by atoms with Crippen molar-refractivity contribution in [2.24, 2.45) is 5.73 Å². The minimum absolute atomic E-state index is 0.204. The SMILES string of the molecule is NC1CCCc2c1ccn2-c1cccc2ccccc12. The Morgan fingerprint density at radius 1 is 1.00 bits per heavy atom. The lowest BCUT2D eigenvalue weighted by Gasteiger charge is -2.21. The highest BCUT2D eigenvalue weighted by Gasteiger charge is 2.21. The van der Waals surface area contributed by atoms with Gasteiger partial charge in [0.2, 0.25) is 0 Å². The molecule has 2 heteroatoms. The molecule has 3 aromatic rings. The zero-order valence-corrected chi connectivity index (χ0v) is 11.4. The van der Waals surface area contributed by atoms with Gasteiger partial charge in [-0.1, -0.05) is 36.4 Å². The maximum atomic E-state index is 6.24. The van der Waals surface area contributed by atoms with Gasteiger partial charge in [0.15, 0.2) is 0 Å². The molecule has 0 amide bonds. The molecule has 100 valence electrons. The monoisotopic (exact) mass is 262 g/mol. The van der Waals surface area contributed by atoms with E-state index in [1.807, 2.05) is 0 Å². The first-order valence-electron chi connectivity index (χ1n) is 7.28. The molecule has 0 saturated carbocycles. The van der Waals surface area contributed by atoms with Crippen LogP contribution in [0.5, 0.6) is 0 Å². The highest BCUT2D eigenvalue weighted by atomic mass is 15.0. The molecule has 1 atom stereocenters. The lowest BCUT2D eigenvalue weighted by molar-refractivity contribution is 0.560. The Labute approximate surface area is 118 Å². The van der Waals surface area contributed by atoms with Gasteiger partial charge in [0.05, 0.1) is 5.69 Å². The third kappa shape index (κ3) is 1.69. The molecule has 0 spiro atoms. The summed E-state index contributed by atoms with van der Waals surface area (Å²) in [6.07, 6.45) is 5.59. The normalized spacial score (nSPS) is 18.1. The molecule has 1 unspecified atom stereocenters. The van der Waals surface area contributed by atoms with Crippen LogP contribution in [0.3, 0.4) is 0 Å². The Morgan fingerprint density at radius 2 is 1.85 bits per heavy atom. The van der Waals surface area contributed by atoms with Gasteiger partial charge in [0, 0.05) is 23.3 Å². The van der Waals surface area contributed by atoms with E-state index in [0.29, 0.717) is 0 Å². The van der Waals surface area contributed by atoms with Gasteiger partial charge in [-0.05, 0) is 42.3 Å². The van der Waals surface area contributed by atoms with E-state index < -0.39 is 0 Å². The molecule has 0 aliphatic heterocycles. The molecular weight excluding hydrogens is 244 g/mol. The van der Waals surface area contributed by atoms with Gasteiger partial charge in [0.1, 0.15) is 0 Å². The van der Waals surface area contributed by atoms with Gasteiger partial charge in [-0.3, -0.25) is 0 Å². The average Bonchev–Trinajstić information content (AvgIpc) is 2.92. The van der Waals surface area contributed by atoms with Crippen LogP contribution in [0.15, 0.2) is 54.7 Å². The highest BCUT2D eigenvalue weighted by Crippen LogP contribution is 2.32. The Bertz CT molecular complexity index is 765. The number of rotatable bonds is 1. The fourth-order valence-electron chi connectivity index (χ4n) is 3.37. The second-order valence-electron chi connectivity index (χ2n) is 5.58. The molecule has 0 radical (unpaired) electrons. The number of nitrogens with two attached hydrogens (primary N) is 1. The number of aromatic nitrogens is 1. The maximum absolute atomic E-state index is 6.24. The molecule has 1 aliphatic carbocycles. The van der Waals surface area contributed by atoms with E-state index in [4.69, 9.17) is 5.73 Å². The standard InChI is InChI=1S/C18H18N2/c19-16-8-4-10-18-15(16)11-12-20(18)17-9-3-6-13-5-1-2-7-14(13)17/h1-3,5-7,9,11-12,16H,4,8,10,19H2. The van der Waals surface area contributed by atoms with Crippen molar-refractivity contribution in [3.05, 3.63) is 66.0 Å². The van der Waals surface area contributed by atoms with E-state index in [1.54, 1.807) is 0 Å². The van der Waals surface area contributed by atoms with Crippen molar-refractivity contribution in [1.29, 1.82) is 0 Å². The third-order valence-electron chi connectivity index (χ3n) is 4.38. The quantitative estimate of drug-likeness (QED) is 0.707. The van der Waals surface area contributed by atoms with Crippen molar-refractivity contribution >= 4 is 10.8 Å². The molecule has 1 aromatic heterocycles. The van der Waals surface area contributed by atoms with Crippen molar-refractivity contribution < 1.29 is 0 Å². The molecule has 0 saturated heterocycles. The van der Waals surface area contributed by atoms with E-state index in [2.05, 4.69) is 59.3 Å². The molecule has 20 heavy (non-hydrogen) atoms. The molecule has 0 fully saturated rings. The van der Waals surface area contributed by atoms with Gasteiger partial charge in [-0.2, -0.15) is 0 Å². The largest absolute Gasteiger partial charge is 0.324 e. The van der Waals surface area contributed by atoms with Crippen molar-refractivity contribution in [1.82, 2.24) is 4.57 Å². The lowest BCUT2D eigenvalue weighted by atomic mass is 9.93. The number of fused-ring (bicyclic) bond motifs is 2. The second kappa shape index (κ2) is 4.50. The summed E-state index contributed by atoms with van der Waals surface area (Å²) in [4.78, 5) is 0. The third-order valence-corrected chi connectivity index (χ3v) is 4.38. The van der Waals surface area contributed by atoms with Gasteiger partial charge < -0.3 is 10.3 Å². The van der Waals surface area contributed by atoms with Crippen LogP contribution in [0.2, 0.25) is 0 Å². The Morgan fingerprint density at radius 3 is 2.80 bits per heavy atom. The topological polar surface area (TPSA) is 30.9 Å². The molecule has 1 aliphatic rings. The minimum Gasteiger partial charge on any atom is -0.324 e. The van der Waals surface area contributed by atoms with Crippen molar-refractivity contribution in [2.75, 3.05) is 0 Å². The number of hydrogen-bond acceptors (Lipinski definition) is 1. The first kappa shape index (κ1) is 11.7. The molecule has 2 N–H and O–H groups in total. The lowest BCUT2D eigenvalue weighted by Crippen LogP contribution is -2.17. The molecule has 1 heterocycles. The van der Waals surface area contributed by atoms with Crippen LogP contribution in [-0.2, 0) is 6.42 Å². The zero-order chi connectivity index (χ0) is 13.5. The Balaban J connectivity index is 1.96. The summed E-state index contributed by atoms with van der Waals surface area (Å²) in [5, 5.41) is 2.58. The summed E-state index contributed by atoms with van der Waals surface area (Å²) < 4.78 is 2.33. The Hall–Kier alpha value is -2.06. The molecule has 2 nitrogen and oxygen atoms in total. The Kier molecular flexibility index (Phi) is 2.64. The highest BCUT2D eigenvalue weighted by molar-refractivity contribution is 5.90. The van der Waals surface area contributed by atoms with Crippen LogP contribution in [0.4, 0.5) is 0 Å². The summed E-state index contributed by atoms with van der Waals surface area (Å²) in [6.45, 7) is 0. The first-order valence-corrected chi connectivity index (χ1v) is 7.28. The maximum Gasteiger partial charge on any atom is 0.0530 e. The van der Waals surface area contributed by atoms with Crippen molar-refractivity contribution in [3.8, 4) is 5.69 Å². The molecule has 0 bridgehead atoms. The molecule has 4 rings (SSSR count). The van der Waals surface area contributed by atoms with Crippen LogP contribution >= 0.6 is 0 Å². The van der Waals surface area contributed by atoms with Gasteiger partial charge in [0.25, 0.3) is 0 Å². The summed E-state index contributed by atoms with van der Waals surface area (Å²) in [5.41, 5.74) is 10.2. The van der Waals surface area contributed by atoms with E-state index in [0.717, 1.165) is 12.8 Å². The van der Waals surface area contributed by atoms with Crippen molar-refractivity contribution in [3.63, 3.8) is 0 Å². The van der Waals surface area contributed by atoms with Crippen LogP contribution in [0, 0.1) is 0 Å². The van der Waals surface area contributed by atoms with Crippen LogP contribution in [-0.4, -0.2) is 4.57 Å².